The lowest BCUT2D eigenvalue weighted by molar-refractivity contribution is -0.137. The van der Waals surface area contributed by atoms with Crippen molar-refractivity contribution in [3.8, 4) is 0 Å². The highest BCUT2D eigenvalue weighted by atomic mass is 32.2. The molecule has 3 N–H and O–H groups in total. The van der Waals surface area contributed by atoms with E-state index in [1.54, 1.807) is 19.1 Å². The third kappa shape index (κ3) is 5.19. The first kappa shape index (κ1) is 18.7. The Balaban J connectivity index is 2.00. The zero-order chi connectivity index (χ0) is 18.7. The predicted molar refractivity (Wildman–Crippen MR) is 85.1 cm³/mol. The van der Waals surface area contributed by atoms with Crippen LogP contribution in [0.2, 0.25) is 0 Å². The molecule has 2 aromatic rings. The van der Waals surface area contributed by atoms with Gasteiger partial charge in [-0.15, -0.1) is 4.83 Å². The largest absolute Gasteiger partial charge is 0.416 e. The molecular formula is C15H14F3N3O3S. The highest BCUT2D eigenvalue weighted by molar-refractivity contribution is 7.89. The Morgan fingerprint density at radius 1 is 1.04 bits per heavy atom. The van der Waals surface area contributed by atoms with Crippen molar-refractivity contribution in [2.75, 3.05) is 5.32 Å². The molecule has 0 spiro atoms. The van der Waals surface area contributed by atoms with Gasteiger partial charge in [0.05, 0.1) is 10.5 Å². The van der Waals surface area contributed by atoms with Gasteiger partial charge in [0.25, 0.3) is 10.0 Å². The van der Waals surface area contributed by atoms with Gasteiger partial charge in [-0.2, -0.15) is 13.2 Å². The van der Waals surface area contributed by atoms with Crippen LogP contribution in [-0.4, -0.2) is 14.4 Å². The van der Waals surface area contributed by atoms with Gasteiger partial charge in [0.15, 0.2) is 0 Å². The first-order valence-electron chi connectivity index (χ1n) is 6.91. The molecule has 0 aliphatic carbocycles. The summed E-state index contributed by atoms with van der Waals surface area (Å²) in [5, 5.41) is 2.11. The lowest BCUT2D eigenvalue weighted by Crippen LogP contribution is -2.43. The third-order valence-corrected chi connectivity index (χ3v) is 4.34. The fraction of sp³-hybridized carbons (Fsp3) is 0.133. The lowest BCUT2D eigenvalue weighted by Gasteiger charge is -2.11. The van der Waals surface area contributed by atoms with Gasteiger partial charge in [0.1, 0.15) is 0 Å². The summed E-state index contributed by atoms with van der Waals surface area (Å²) in [6.07, 6.45) is -4.55. The monoisotopic (exact) mass is 373 g/mol. The summed E-state index contributed by atoms with van der Waals surface area (Å²) in [6, 6.07) is 8.77. The molecule has 2 aromatic carbocycles. The van der Waals surface area contributed by atoms with Gasteiger partial charge in [-0.25, -0.2) is 13.2 Å². The van der Waals surface area contributed by atoms with E-state index in [4.69, 9.17) is 0 Å². The number of halogens is 3. The Bertz CT molecular complexity index is 866. The second kappa shape index (κ2) is 7.11. The van der Waals surface area contributed by atoms with E-state index in [9.17, 15) is 26.4 Å². The number of rotatable bonds is 4. The minimum Gasteiger partial charge on any atom is -0.307 e. The number of urea groups is 1. The third-order valence-electron chi connectivity index (χ3n) is 3.08. The van der Waals surface area contributed by atoms with Crippen molar-refractivity contribution in [3.63, 3.8) is 0 Å². The van der Waals surface area contributed by atoms with Crippen molar-refractivity contribution < 1.29 is 26.4 Å². The maximum atomic E-state index is 12.6. The highest BCUT2D eigenvalue weighted by Gasteiger charge is 2.30. The number of carbonyl (C=O) groups excluding carboxylic acids is 1. The maximum Gasteiger partial charge on any atom is 0.416 e. The number of hydrogen-bond acceptors (Lipinski definition) is 3. The summed E-state index contributed by atoms with van der Waals surface area (Å²) in [6.45, 7) is 1.78. The summed E-state index contributed by atoms with van der Waals surface area (Å²) in [5.41, 5.74) is 1.65. The van der Waals surface area contributed by atoms with Crippen LogP contribution in [0.1, 0.15) is 11.1 Å². The number of hydrazine groups is 1. The fourth-order valence-corrected chi connectivity index (χ4v) is 2.66. The minimum absolute atomic E-state index is 0.0718. The standard InChI is InChI=1S/C15H14F3N3O3S/c1-10-5-7-13(8-6-10)25(23,24)21-20-14(22)19-12-4-2-3-11(9-12)15(16,17)18/h2-9,21H,1H3,(H2,19,20,22). The van der Waals surface area contributed by atoms with Gasteiger partial charge in [-0.1, -0.05) is 23.8 Å². The molecule has 10 heteroatoms. The second-order valence-electron chi connectivity index (χ2n) is 5.08. The first-order valence-corrected chi connectivity index (χ1v) is 8.39. The summed E-state index contributed by atoms with van der Waals surface area (Å²) < 4.78 is 61.8. The number of nitrogens with one attached hydrogen (secondary N) is 3. The molecule has 0 unspecified atom stereocenters. The number of alkyl halides is 3. The van der Waals surface area contributed by atoms with Crippen LogP contribution in [0.15, 0.2) is 53.4 Å². The van der Waals surface area contributed by atoms with Crippen LogP contribution in [0.4, 0.5) is 23.7 Å². The number of benzene rings is 2. The summed E-state index contributed by atoms with van der Waals surface area (Å²) in [4.78, 5) is 13.5. The maximum absolute atomic E-state index is 12.6. The molecule has 2 amide bonds. The second-order valence-corrected chi connectivity index (χ2v) is 6.76. The van der Waals surface area contributed by atoms with Gasteiger partial charge in [-0.05, 0) is 37.3 Å². The van der Waals surface area contributed by atoms with Gasteiger partial charge in [-0.3, -0.25) is 5.43 Å². The Labute approximate surface area is 142 Å². The molecule has 0 radical (unpaired) electrons. The Morgan fingerprint density at radius 3 is 2.28 bits per heavy atom. The van der Waals surface area contributed by atoms with Gasteiger partial charge < -0.3 is 5.32 Å². The van der Waals surface area contributed by atoms with Crippen molar-refractivity contribution in [2.45, 2.75) is 18.0 Å². The zero-order valence-corrected chi connectivity index (χ0v) is 13.7. The molecule has 0 aliphatic rings. The normalized spacial score (nSPS) is 11.8. The molecule has 25 heavy (non-hydrogen) atoms. The van der Waals surface area contributed by atoms with Crippen molar-refractivity contribution in [1.29, 1.82) is 0 Å². The molecule has 0 fully saturated rings. The molecule has 134 valence electrons. The SMILES string of the molecule is Cc1ccc(S(=O)(=O)NNC(=O)Nc2cccc(C(F)(F)F)c2)cc1. The smallest absolute Gasteiger partial charge is 0.307 e. The van der Waals surface area contributed by atoms with Crippen molar-refractivity contribution in [1.82, 2.24) is 10.3 Å². The molecule has 0 aromatic heterocycles. The van der Waals surface area contributed by atoms with Crippen LogP contribution in [0, 0.1) is 6.92 Å². The summed E-state index contributed by atoms with van der Waals surface area (Å²) >= 11 is 0. The number of sulfonamides is 1. The van der Waals surface area contributed by atoms with Crippen molar-refractivity contribution in [2.24, 2.45) is 0 Å². The molecule has 0 saturated heterocycles. The van der Waals surface area contributed by atoms with E-state index in [1.807, 2.05) is 10.3 Å². The molecule has 0 atom stereocenters. The van der Waals surface area contributed by atoms with Crippen LogP contribution in [0.5, 0.6) is 0 Å². The summed E-state index contributed by atoms with van der Waals surface area (Å²) in [7, 11) is -4.00. The van der Waals surface area contributed by atoms with E-state index in [1.165, 1.54) is 18.2 Å². The van der Waals surface area contributed by atoms with E-state index in [2.05, 4.69) is 5.32 Å². The van der Waals surface area contributed by atoms with E-state index in [0.29, 0.717) is 0 Å². The van der Waals surface area contributed by atoms with Crippen LogP contribution >= 0.6 is 0 Å². The van der Waals surface area contributed by atoms with Crippen molar-refractivity contribution >= 4 is 21.7 Å². The quantitative estimate of drug-likeness (QED) is 0.720. The molecule has 0 bridgehead atoms. The van der Waals surface area contributed by atoms with Gasteiger partial charge in [0.2, 0.25) is 0 Å². The Kier molecular flexibility index (Phi) is 5.33. The molecule has 2 rings (SSSR count). The zero-order valence-electron chi connectivity index (χ0n) is 12.9. The average Bonchev–Trinajstić information content (AvgIpc) is 2.53. The fourth-order valence-electron chi connectivity index (χ4n) is 1.83. The van der Waals surface area contributed by atoms with Crippen LogP contribution in [0.3, 0.4) is 0 Å². The summed E-state index contributed by atoms with van der Waals surface area (Å²) in [5.74, 6) is 0. The van der Waals surface area contributed by atoms with Crippen LogP contribution in [0.25, 0.3) is 0 Å². The highest BCUT2D eigenvalue weighted by Crippen LogP contribution is 2.30. The Morgan fingerprint density at radius 2 is 1.68 bits per heavy atom. The molecule has 6 nitrogen and oxygen atoms in total. The number of aryl methyl sites for hydroxylation is 1. The van der Waals surface area contributed by atoms with E-state index in [-0.39, 0.29) is 10.6 Å². The van der Waals surface area contributed by atoms with Gasteiger partial charge in [0, 0.05) is 5.69 Å². The molecule has 0 heterocycles. The minimum atomic E-state index is -4.55. The van der Waals surface area contributed by atoms with Crippen LogP contribution in [-0.2, 0) is 16.2 Å². The van der Waals surface area contributed by atoms with Crippen LogP contribution < -0.4 is 15.6 Å². The topological polar surface area (TPSA) is 87.3 Å². The van der Waals surface area contributed by atoms with E-state index < -0.39 is 27.8 Å². The number of amides is 2. The van der Waals surface area contributed by atoms with E-state index in [0.717, 1.165) is 23.8 Å². The Hall–Kier alpha value is -2.59. The predicted octanol–water partition coefficient (Wildman–Crippen LogP) is 3.03. The number of anilines is 1. The lowest BCUT2D eigenvalue weighted by atomic mass is 10.2. The number of carbonyl (C=O) groups is 1. The molecular weight excluding hydrogens is 359 g/mol. The van der Waals surface area contributed by atoms with Gasteiger partial charge >= 0.3 is 12.2 Å². The molecule has 0 aliphatic heterocycles. The average molecular weight is 373 g/mol. The first-order chi connectivity index (χ1) is 11.6. The molecule has 0 saturated carbocycles. The van der Waals surface area contributed by atoms with E-state index >= 15 is 0 Å². The van der Waals surface area contributed by atoms with Crippen molar-refractivity contribution in [3.05, 3.63) is 59.7 Å². The number of hydrogen-bond donors (Lipinski definition) is 3.